The molecule has 0 saturated carbocycles. The molecule has 0 aliphatic carbocycles. The van der Waals surface area contributed by atoms with Gasteiger partial charge in [0.2, 0.25) is 0 Å². The molecule has 3 rings (SSSR count). The number of β-amino-alcohol motifs (C(OH)–C–C–N with tert-alkyl or cyclic N) is 1. The summed E-state index contributed by atoms with van der Waals surface area (Å²) in [6.07, 6.45) is 3.65. The van der Waals surface area contributed by atoms with Crippen molar-refractivity contribution in [2.45, 2.75) is 38.7 Å². The van der Waals surface area contributed by atoms with Crippen LogP contribution in [-0.4, -0.2) is 52.5 Å². The number of rotatable bonds is 6. The third-order valence-electron chi connectivity index (χ3n) is 4.71. The van der Waals surface area contributed by atoms with Gasteiger partial charge >= 0.3 is 0 Å². The number of aryl methyl sites for hydroxylation is 2. The summed E-state index contributed by atoms with van der Waals surface area (Å²) in [7, 11) is 0. The van der Waals surface area contributed by atoms with Crippen molar-refractivity contribution in [1.82, 2.24) is 15.1 Å². The molecule has 2 N–H and O–H groups in total. The first-order valence-electron chi connectivity index (χ1n) is 8.71. The van der Waals surface area contributed by atoms with E-state index in [4.69, 9.17) is 4.74 Å². The number of nitrogens with zero attached hydrogens (tertiary/aromatic N) is 2. The van der Waals surface area contributed by atoms with Crippen LogP contribution in [0.15, 0.2) is 30.5 Å². The van der Waals surface area contributed by atoms with Crippen LogP contribution in [0, 0.1) is 13.8 Å². The number of hydrogen-bond donors (Lipinski definition) is 2. The number of aliphatic hydroxyl groups is 1. The maximum atomic E-state index is 10.4. The molecule has 2 aromatic rings. The molecule has 1 aromatic heterocycles. The van der Waals surface area contributed by atoms with Crippen molar-refractivity contribution in [2.24, 2.45) is 0 Å². The van der Waals surface area contributed by atoms with Gasteiger partial charge in [0.25, 0.3) is 0 Å². The minimum atomic E-state index is -0.481. The number of aromatic nitrogens is 2. The SMILES string of the molecule is Cc1ccc(C)c(OCC(O)CN2CCCC(c3ccn[nH]3)C2)c1. The maximum Gasteiger partial charge on any atom is 0.122 e. The quantitative estimate of drug-likeness (QED) is 0.855. The number of nitrogens with one attached hydrogen (secondary N) is 1. The van der Waals surface area contributed by atoms with E-state index in [2.05, 4.69) is 27.2 Å². The summed E-state index contributed by atoms with van der Waals surface area (Å²) in [5, 5.41) is 17.5. The Labute approximate surface area is 143 Å². The van der Waals surface area contributed by atoms with E-state index in [1.54, 1.807) is 6.20 Å². The zero-order valence-electron chi connectivity index (χ0n) is 14.5. The Bertz CT molecular complexity index is 642. The second-order valence-corrected chi connectivity index (χ2v) is 6.84. The molecule has 0 spiro atoms. The van der Waals surface area contributed by atoms with Crippen molar-refractivity contribution in [3.63, 3.8) is 0 Å². The zero-order valence-corrected chi connectivity index (χ0v) is 14.5. The van der Waals surface area contributed by atoms with Crippen molar-refractivity contribution in [3.05, 3.63) is 47.3 Å². The third-order valence-corrected chi connectivity index (χ3v) is 4.71. The van der Waals surface area contributed by atoms with E-state index in [1.165, 1.54) is 17.7 Å². The first-order chi connectivity index (χ1) is 11.6. The predicted octanol–water partition coefficient (Wildman–Crippen LogP) is 2.65. The van der Waals surface area contributed by atoms with Crippen LogP contribution in [0.25, 0.3) is 0 Å². The average molecular weight is 329 g/mol. The van der Waals surface area contributed by atoms with E-state index in [0.717, 1.165) is 30.8 Å². The Hall–Kier alpha value is -1.85. The molecule has 24 heavy (non-hydrogen) atoms. The van der Waals surface area contributed by atoms with Crippen LogP contribution in [0.4, 0.5) is 0 Å². The fourth-order valence-corrected chi connectivity index (χ4v) is 3.37. The standard InChI is InChI=1S/C19H27N3O2/c1-14-5-6-15(2)19(10-14)24-13-17(23)12-22-9-3-4-16(11-22)18-7-8-20-21-18/h5-8,10,16-17,23H,3-4,9,11-13H2,1-2H3,(H,20,21). The zero-order chi connectivity index (χ0) is 16.9. The lowest BCUT2D eigenvalue weighted by molar-refractivity contribution is 0.0578. The highest BCUT2D eigenvalue weighted by molar-refractivity contribution is 5.35. The highest BCUT2D eigenvalue weighted by atomic mass is 16.5. The number of ether oxygens (including phenoxy) is 1. The molecule has 1 aliphatic heterocycles. The summed E-state index contributed by atoms with van der Waals surface area (Å²) in [5.41, 5.74) is 3.47. The van der Waals surface area contributed by atoms with Crippen LogP contribution in [0.3, 0.4) is 0 Å². The summed E-state index contributed by atoms with van der Waals surface area (Å²) in [4.78, 5) is 2.33. The molecule has 2 unspecified atom stereocenters. The van der Waals surface area contributed by atoms with Crippen LogP contribution >= 0.6 is 0 Å². The number of benzene rings is 1. The molecule has 5 nitrogen and oxygen atoms in total. The van der Waals surface area contributed by atoms with Gasteiger partial charge < -0.3 is 9.84 Å². The highest BCUT2D eigenvalue weighted by Gasteiger charge is 2.24. The summed E-state index contributed by atoms with van der Waals surface area (Å²) in [5.74, 6) is 1.34. The Balaban J connectivity index is 1.49. The van der Waals surface area contributed by atoms with Crippen LogP contribution < -0.4 is 4.74 Å². The fraction of sp³-hybridized carbons (Fsp3) is 0.526. The van der Waals surface area contributed by atoms with Crippen LogP contribution in [-0.2, 0) is 0 Å². The van der Waals surface area contributed by atoms with Crippen LogP contribution in [0.1, 0.15) is 35.6 Å². The molecule has 5 heteroatoms. The molecule has 130 valence electrons. The molecule has 2 atom stereocenters. The molecule has 1 aromatic carbocycles. The fourth-order valence-electron chi connectivity index (χ4n) is 3.37. The Morgan fingerprint density at radius 1 is 1.38 bits per heavy atom. The van der Waals surface area contributed by atoms with Crippen molar-refractivity contribution >= 4 is 0 Å². The molecule has 0 amide bonds. The van der Waals surface area contributed by atoms with Crippen LogP contribution in [0.2, 0.25) is 0 Å². The number of hydrogen-bond acceptors (Lipinski definition) is 4. The minimum absolute atomic E-state index is 0.329. The van der Waals surface area contributed by atoms with Gasteiger partial charge in [-0.15, -0.1) is 0 Å². The summed E-state index contributed by atoms with van der Waals surface area (Å²) in [6.45, 7) is 7.05. The second-order valence-electron chi connectivity index (χ2n) is 6.84. The van der Waals surface area contributed by atoms with E-state index < -0.39 is 6.10 Å². The Kier molecular flexibility index (Phi) is 5.53. The van der Waals surface area contributed by atoms with Crippen molar-refractivity contribution < 1.29 is 9.84 Å². The first-order valence-corrected chi connectivity index (χ1v) is 8.71. The average Bonchev–Trinajstić information content (AvgIpc) is 3.10. The largest absolute Gasteiger partial charge is 0.491 e. The van der Waals surface area contributed by atoms with Crippen molar-refractivity contribution in [3.8, 4) is 5.75 Å². The van der Waals surface area contributed by atoms with Gasteiger partial charge in [0.15, 0.2) is 0 Å². The number of aliphatic hydroxyl groups excluding tert-OH is 1. The normalized spacial score (nSPS) is 20.0. The summed E-state index contributed by atoms with van der Waals surface area (Å²) >= 11 is 0. The highest BCUT2D eigenvalue weighted by Crippen LogP contribution is 2.25. The van der Waals surface area contributed by atoms with Gasteiger partial charge in [0, 0.05) is 30.9 Å². The number of H-pyrrole nitrogens is 1. The van der Waals surface area contributed by atoms with Crippen molar-refractivity contribution in [1.29, 1.82) is 0 Å². The maximum absolute atomic E-state index is 10.4. The predicted molar refractivity (Wildman–Crippen MR) is 94.4 cm³/mol. The Morgan fingerprint density at radius 2 is 2.25 bits per heavy atom. The van der Waals surface area contributed by atoms with Gasteiger partial charge in [-0.1, -0.05) is 12.1 Å². The lowest BCUT2D eigenvalue weighted by Gasteiger charge is -2.33. The first kappa shape index (κ1) is 17.0. The summed E-state index contributed by atoms with van der Waals surface area (Å²) < 4.78 is 5.83. The molecular formula is C19H27N3O2. The lowest BCUT2D eigenvalue weighted by atomic mass is 9.95. The molecule has 1 saturated heterocycles. The summed E-state index contributed by atoms with van der Waals surface area (Å²) in [6, 6.07) is 8.20. The molecule has 0 bridgehead atoms. The van der Waals surface area contributed by atoms with E-state index in [-0.39, 0.29) is 0 Å². The second kappa shape index (κ2) is 7.81. The van der Waals surface area contributed by atoms with E-state index in [0.29, 0.717) is 19.1 Å². The molecule has 0 radical (unpaired) electrons. The van der Waals surface area contributed by atoms with Crippen molar-refractivity contribution in [2.75, 3.05) is 26.2 Å². The molecule has 1 fully saturated rings. The monoisotopic (exact) mass is 329 g/mol. The lowest BCUT2D eigenvalue weighted by Crippen LogP contribution is -2.41. The van der Waals surface area contributed by atoms with Gasteiger partial charge in [-0.05, 0) is 56.5 Å². The van der Waals surface area contributed by atoms with E-state index in [1.807, 2.05) is 26.0 Å². The van der Waals surface area contributed by atoms with Gasteiger partial charge in [0.05, 0.1) is 0 Å². The smallest absolute Gasteiger partial charge is 0.122 e. The number of aromatic amines is 1. The van der Waals surface area contributed by atoms with Gasteiger partial charge in [-0.25, -0.2) is 0 Å². The number of likely N-dealkylation sites (tertiary alicyclic amines) is 1. The Morgan fingerprint density at radius 3 is 3.04 bits per heavy atom. The molecular weight excluding hydrogens is 302 g/mol. The molecule has 2 heterocycles. The topological polar surface area (TPSA) is 61.4 Å². The van der Waals surface area contributed by atoms with Gasteiger partial charge in [-0.2, -0.15) is 5.10 Å². The van der Waals surface area contributed by atoms with E-state index >= 15 is 0 Å². The van der Waals surface area contributed by atoms with E-state index in [9.17, 15) is 5.11 Å². The van der Waals surface area contributed by atoms with Crippen LogP contribution in [0.5, 0.6) is 5.75 Å². The van der Waals surface area contributed by atoms with Gasteiger partial charge in [0.1, 0.15) is 18.5 Å². The van der Waals surface area contributed by atoms with Gasteiger partial charge in [-0.3, -0.25) is 10.00 Å². The minimum Gasteiger partial charge on any atom is -0.491 e. The number of piperidine rings is 1. The third kappa shape index (κ3) is 4.36. The molecule has 1 aliphatic rings.